The lowest BCUT2D eigenvalue weighted by Crippen LogP contribution is -2.54. The van der Waals surface area contributed by atoms with Crippen molar-refractivity contribution in [1.82, 2.24) is 19.4 Å². The van der Waals surface area contributed by atoms with Crippen molar-refractivity contribution in [1.29, 1.82) is 0 Å². The van der Waals surface area contributed by atoms with Crippen molar-refractivity contribution in [2.75, 3.05) is 24.5 Å². The van der Waals surface area contributed by atoms with Crippen molar-refractivity contribution in [3.63, 3.8) is 0 Å². The van der Waals surface area contributed by atoms with Crippen molar-refractivity contribution in [2.45, 2.75) is 59.6 Å². The molecule has 1 atom stereocenters. The second-order valence-electron chi connectivity index (χ2n) is 11.7. The summed E-state index contributed by atoms with van der Waals surface area (Å²) in [7, 11) is 0. The van der Waals surface area contributed by atoms with E-state index in [1.807, 2.05) is 63.8 Å². The van der Waals surface area contributed by atoms with Crippen LogP contribution >= 0.6 is 0 Å². The van der Waals surface area contributed by atoms with Crippen LogP contribution in [0, 0.1) is 12.7 Å². The van der Waals surface area contributed by atoms with Crippen LogP contribution in [0.4, 0.5) is 10.2 Å². The quantitative estimate of drug-likeness (QED) is 0.282. The van der Waals surface area contributed by atoms with Gasteiger partial charge in [0.1, 0.15) is 23.8 Å². The van der Waals surface area contributed by atoms with Gasteiger partial charge >= 0.3 is 5.69 Å². The van der Waals surface area contributed by atoms with Crippen molar-refractivity contribution < 1.29 is 13.9 Å². The lowest BCUT2D eigenvalue weighted by atomic mass is 9.89. The third-order valence-electron chi connectivity index (χ3n) is 8.62. The van der Waals surface area contributed by atoms with Gasteiger partial charge in [0.25, 0.3) is 0 Å². The molecule has 0 N–H and O–H groups in total. The molecule has 1 fully saturated rings. The van der Waals surface area contributed by atoms with Crippen molar-refractivity contribution in [3.8, 4) is 22.6 Å². The molecule has 4 aromatic rings. The summed E-state index contributed by atoms with van der Waals surface area (Å²) < 4.78 is 24.5. The molecule has 222 valence electrons. The van der Waals surface area contributed by atoms with E-state index >= 15 is 4.39 Å². The minimum Gasteiger partial charge on any atom is -0.486 e. The van der Waals surface area contributed by atoms with Crippen LogP contribution in [0.1, 0.15) is 56.0 Å². The summed E-state index contributed by atoms with van der Waals surface area (Å²) in [5, 5.41) is 0.474. The predicted octanol–water partition coefficient (Wildman–Crippen LogP) is 5.70. The number of nitrogens with zero attached hydrogens (tertiary/aromatic N) is 5. The maximum Gasteiger partial charge on any atom is 0.354 e. The maximum absolute atomic E-state index is 16.5. The molecular formula is C34H36FN5O3. The van der Waals surface area contributed by atoms with E-state index in [0.29, 0.717) is 53.4 Å². The highest BCUT2D eigenvalue weighted by Gasteiger charge is 2.34. The second-order valence-corrected chi connectivity index (χ2v) is 11.7. The molecule has 0 radical (unpaired) electrons. The van der Waals surface area contributed by atoms with E-state index in [0.717, 1.165) is 34.4 Å². The number of fused-ring (bicyclic) bond motifs is 5. The molecule has 4 heterocycles. The number of halogens is 1. The number of hydrogen-bond acceptors (Lipinski definition) is 6. The Labute approximate surface area is 250 Å². The van der Waals surface area contributed by atoms with E-state index in [-0.39, 0.29) is 24.5 Å². The van der Waals surface area contributed by atoms with Crippen LogP contribution < -0.4 is 15.3 Å². The fraction of sp³-hybridized carbons (Fsp3) is 0.353. The Morgan fingerprint density at radius 3 is 2.72 bits per heavy atom. The normalized spacial score (nSPS) is 16.2. The zero-order valence-electron chi connectivity index (χ0n) is 25.3. The molecule has 8 nitrogen and oxygen atoms in total. The molecule has 1 amide bonds. The zero-order valence-corrected chi connectivity index (χ0v) is 25.3. The first-order chi connectivity index (χ1) is 20.7. The summed E-state index contributed by atoms with van der Waals surface area (Å²) in [4.78, 5) is 39.6. The molecule has 2 aromatic carbocycles. The number of amides is 1. The molecule has 9 heteroatoms. The van der Waals surface area contributed by atoms with E-state index in [1.54, 1.807) is 15.7 Å². The Hall–Kier alpha value is -4.53. The first-order valence-corrected chi connectivity index (χ1v) is 14.8. The minimum atomic E-state index is -0.496. The highest BCUT2D eigenvalue weighted by molar-refractivity contribution is 6.01. The largest absolute Gasteiger partial charge is 0.486 e. The first-order valence-electron chi connectivity index (χ1n) is 14.8. The van der Waals surface area contributed by atoms with Gasteiger partial charge in [0, 0.05) is 37.3 Å². The average Bonchev–Trinajstić information content (AvgIpc) is 3.00. The van der Waals surface area contributed by atoms with Gasteiger partial charge in [-0.1, -0.05) is 45.5 Å². The van der Waals surface area contributed by atoms with Gasteiger partial charge in [-0.05, 0) is 66.6 Å². The number of hydrogen-bond donors (Lipinski definition) is 0. The summed E-state index contributed by atoms with van der Waals surface area (Å²) in [6.07, 6.45) is 3.77. The van der Waals surface area contributed by atoms with Crippen molar-refractivity contribution in [2.24, 2.45) is 0 Å². The van der Waals surface area contributed by atoms with E-state index in [4.69, 9.17) is 4.74 Å². The van der Waals surface area contributed by atoms with Crippen LogP contribution in [0.25, 0.3) is 27.7 Å². The summed E-state index contributed by atoms with van der Waals surface area (Å²) in [5.41, 5.74) is 5.30. The SMILES string of the molecule is C=CC(=O)N1CCN(c2nc(=O)n(-c3c(C)ccnc3C(C)C)c3c4c(c(F)cc23)-c2c(CC)cccc2CO4)[C@@H](C)C1. The molecule has 0 aliphatic carbocycles. The fourth-order valence-corrected chi connectivity index (χ4v) is 6.53. The summed E-state index contributed by atoms with van der Waals surface area (Å²) in [6, 6.07) is 9.12. The zero-order chi connectivity index (χ0) is 30.6. The van der Waals surface area contributed by atoms with Crippen LogP contribution in [-0.4, -0.2) is 51.0 Å². The average molecular weight is 582 g/mol. The van der Waals surface area contributed by atoms with Crippen LogP contribution in [0.2, 0.25) is 0 Å². The molecule has 1 saturated heterocycles. The van der Waals surface area contributed by atoms with E-state index in [1.165, 1.54) is 12.1 Å². The molecule has 0 bridgehead atoms. The molecule has 0 spiro atoms. The van der Waals surface area contributed by atoms with Gasteiger partial charge in [-0.15, -0.1) is 0 Å². The number of aromatic nitrogens is 3. The Balaban J connectivity index is 1.70. The molecule has 0 saturated carbocycles. The summed E-state index contributed by atoms with van der Waals surface area (Å²) in [5.74, 6) is 0.137. The number of piperazine rings is 1. The highest BCUT2D eigenvalue weighted by Crippen LogP contribution is 2.47. The number of carbonyl (C=O) groups excluding carboxylic acids is 1. The number of benzene rings is 2. The molecule has 2 aromatic heterocycles. The third kappa shape index (κ3) is 4.58. The summed E-state index contributed by atoms with van der Waals surface area (Å²) in [6.45, 7) is 15.2. The number of pyridine rings is 1. The third-order valence-corrected chi connectivity index (χ3v) is 8.62. The Kier molecular flexibility index (Phi) is 7.28. The monoisotopic (exact) mass is 581 g/mol. The lowest BCUT2D eigenvalue weighted by molar-refractivity contribution is -0.126. The van der Waals surface area contributed by atoms with Crippen LogP contribution in [0.3, 0.4) is 0 Å². The van der Waals surface area contributed by atoms with Gasteiger partial charge < -0.3 is 14.5 Å². The summed E-state index contributed by atoms with van der Waals surface area (Å²) >= 11 is 0. The topological polar surface area (TPSA) is 80.6 Å². The lowest BCUT2D eigenvalue weighted by Gasteiger charge is -2.40. The molecule has 0 unspecified atom stereocenters. The van der Waals surface area contributed by atoms with E-state index in [9.17, 15) is 9.59 Å². The Bertz CT molecular complexity index is 1830. The fourth-order valence-electron chi connectivity index (χ4n) is 6.53. The van der Waals surface area contributed by atoms with Gasteiger partial charge in [-0.25, -0.2) is 9.18 Å². The Morgan fingerprint density at radius 2 is 2.02 bits per heavy atom. The Morgan fingerprint density at radius 1 is 1.23 bits per heavy atom. The number of carbonyl (C=O) groups is 1. The number of ether oxygens (including phenoxy) is 1. The number of aryl methyl sites for hydroxylation is 2. The van der Waals surface area contributed by atoms with Crippen molar-refractivity contribution >= 4 is 22.6 Å². The molecule has 2 aliphatic heterocycles. The van der Waals surface area contributed by atoms with E-state index < -0.39 is 11.5 Å². The van der Waals surface area contributed by atoms with Gasteiger partial charge in [0.05, 0.1) is 16.9 Å². The maximum atomic E-state index is 16.5. The predicted molar refractivity (Wildman–Crippen MR) is 167 cm³/mol. The number of anilines is 1. The molecule has 2 aliphatic rings. The minimum absolute atomic E-state index is 0.0108. The first kappa shape index (κ1) is 28.6. The molecule has 43 heavy (non-hydrogen) atoms. The van der Waals surface area contributed by atoms with Crippen LogP contribution in [0.5, 0.6) is 5.75 Å². The standard InChI is InChI=1S/C34H36FN5O3/c1-7-22-10-9-11-23-18-43-32-28(27(22)23)25(35)16-24-31(32)40(30-20(5)12-13-36-29(30)19(3)4)34(42)37-33(24)39-15-14-38(17-21(39)6)26(41)8-2/h8-13,16,19,21H,2,7,14-15,17-18H2,1,3-6H3/t21-/m0/s1. The highest BCUT2D eigenvalue weighted by atomic mass is 19.1. The van der Waals surface area contributed by atoms with Gasteiger partial charge in [-0.3, -0.25) is 14.3 Å². The van der Waals surface area contributed by atoms with E-state index in [2.05, 4.69) is 16.5 Å². The van der Waals surface area contributed by atoms with Gasteiger partial charge in [0.15, 0.2) is 5.75 Å². The van der Waals surface area contributed by atoms with Gasteiger partial charge in [0.2, 0.25) is 5.91 Å². The molecular weight excluding hydrogens is 545 g/mol. The van der Waals surface area contributed by atoms with Crippen molar-refractivity contribution in [3.05, 3.63) is 87.9 Å². The molecule has 6 rings (SSSR count). The van der Waals surface area contributed by atoms with Gasteiger partial charge in [-0.2, -0.15) is 4.98 Å². The smallest absolute Gasteiger partial charge is 0.354 e. The van der Waals surface area contributed by atoms with Crippen LogP contribution in [-0.2, 0) is 17.8 Å². The number of rotatable bonds is 5. The second kappa shape index (κ2) is 10.9. The van der Waals surface area contributed by atoms with Crippen LogP contribution in [0.15, 0.2) is 54.0 Å².